The number of aromatic nitrogens is 4. The number of anilines is 1. The molecular formula is C17H18FN5O5. The topological polar surface area (TPSA) is 135 Å². The Bertz CT molecular complexity index is 970. The molecule has 148 valence electrons. The van der Waals surface area contributed by atoms with Gasteiger partial charge in [0.25, 0.3) is 6.29 Å². The Balaban J connectivity index is 1.52. The summed E-state index contributed by atoms with van der Waals surface area (Å²) in [7, 11) is 0. The second kappa shape index (κ2) is 7.64. The number of hydrogen-bond acceptors (Lipinski definition) is 9. The van der Waals surface area contributed by atoms with E-state index in [1.54, 1.807) is 12.1 Å². The number of fused-ring (bicyclic) bond motifs is 1. The van der Waals surface area contributed by atoms with E-state index in [-0.39, 0.29) is 5.82 Å². The van der Waals surface area contributed by atoms with Gasteiger partial charge in [-0.3, -0.25) is 0 Å². The predicted octanol–water partition coefficient (Wildman–Crippen LogP) is -0.555. The van der Waals surface area contributed by atoms with E-state index in [2.05, 4.69) is 20.3 Å². The molecule has 1 fully saturated rings. The van der Waals surface area contributed by atoms with Crippen LogP contribution >= 0.6 is 0 Å². The van der Waals surface area contributed by atoms with Gasteiger partial charge in [0.05, 0.1) is 6.61 Å². The summed E-state index contributed by atoms with van der Waals surface area (Å²) in [5, 5.41) is 32.0. The lowest BCUT2D eigenvalue weighted by Crippen LogP contribution is -2.38. The number of halogens is 1. The molecular weight excluding hydrogens is 373 g/mol. The molecule has 28 heavy (non-hydrogen) atoms. The predicted molar refractivity (Wildman–Crippen MR) is 93.4 cm³/mol. The smallest absolute Gasteiger partial charge is 0.254 e. The number of hydrogen-bond donors (Lipinski definition) is 4. The quantitative estimate of drug-likeness (QED) is 0.436. The molecule has 2 aromatic heterocycles. The maximum Gasteiger partial charge on any atom is 0.254 e. The van der Waals surface area contributed by atoms with Crippen molar-refractivity contribution in [1.82, 2.24) is 19.7 Å². The van der Waals surface area contributed by atoms with E-state index in [0.717, 1.165) is 5.56 Å². The van der Waals surface area contributed by atoms with Crippen molar-refractivity contribution in [3.05, 3.63) is 48.3 Å². The van der Waals surface area contributed by atoms with Crippen LogP contribution in [0.1, 0.15) is 5.56 Å². The number of ether oxygens (including phenoxy) is 1. The van der Waals surface area contributed by atoms with Gasteiger partial charge in [-0.05, 0) is 17.7 Å². The number of benzene rings is 1. The molecule has 0 amide bonds. The van der Waals surface area contributed by atoms with Crippen molar-refractivity contribution in [3.8, 4) is 0 Å². The van der Waals surface area contributed by atoms with Crippen LogP contribution < -0.4 is 10.2 Å². The van der Waals surface area contributed by atoms with Crippen molar-refractivity contribution in [1.29, 1.82) is 0 Å². The zero-order valence-corrected chi connectivity index (χ0v) is 14.5. The van der Waals surface area contributed by atoms with Gasteiger partial charge in [0.2, 0.25) is 5.65 Å². The van der Waals surface area contributed by atoms with E-state index in [4.69, 9.17) is 14.7 Å². The summed E-state index contributed by atoms with van der Waals surface area (Å²) >= 11 is 0. The Morgan fingerprint density at radius 3 is 2.82 bits per heavy atom. The molecule has 0 aliphatic carbocycles. The third-order valence-corrected chi connectivity index (χ3v) is 4.37. The molecule has 0 radical (unpaired) electrons. The van der Waals surface area contributed by atoms with E-state index in [1.165, 1.54) is 29.5 Å². The highest BCUT2D eigenvalue weighted by Crippen LogP contribution is 2.22. The van der Waals surface area contributed by atoms with Crippen LogP contribution in [0.3, 0.4) is 0 Å². The highest BCUT2D eigenvalue weighted by Gasteiger charge is 2.44. The zero-order chi connectivity index (χ0) is 19.7. The Morgan fingerprint density at radius 2 is 2.07 bits per heavy atom. The third kappa shape index (κ3) is 3.47. The van der Waals surface area contributed by atoms with Crippen LogP contribution in [0.4, 0.5) is 10.2 Å². The van der Waals surface area contributed by atoms with Crippen LogP contribution in [-0.2, 0) is 11.3 Å². The number of nitrogens with zero attached hydrogens (tertiary/aromatic N) is 4. The zero-order valence-electron chi connectivity index (χ0n) is 14.5. The van der Waals surface area contributed by atoms with E-state index >= 15 is 0 Å². The minimum atomic E-state index is -1.35. The first-order valence-electron chi connectivity index (χ1n) is 8.53. The molecule has 4 rings (SSSR count). The minimum absolute atomic E-state index is 0.300. The monoisotopic (exact) mass is 391 g/mol. The van der Waals surface area contributed by atoms with Gasteiger partial charge >= 0.3 is 0 Å². The maximum absolute atomic E-state index is 13.3. The van der Waals surface area contributed by atoms with Crippen LogP contribution in [0.2, 0.25) is 0 Å². The molecule has 4 atom stereocenters. The van der Waals surface area contributed by atoms with Crippen molar-refractivity contribution in [2.45, 2.75) is 31.1 Å². The molecule has 1 aliphatic heterocycles. The number of aliphatic hydroxyl groups excluding tert-OH is 3. The van der Waals surface area contributed by atoms with Crippen molar-refractivity contribution < 1.29 is 29.3 Å². The van der Waals surface area contributed by atoms with Crippen molar-refractivity contribution in [2.24, 2.45) is 0 Å². The van der Waals surface area contributed by atoms with Gasteiger partial charge in [0, 0.05) is 6.54 Å². The average molecular weight is 391 g/mol. The number of nitrogens with one attached hydrogen (secondary N) is 1. The first kappa shape index (κ1) is 18.5. The van der Waals surface area contributed by atoms with Crippen LogP contribution in [0.5, 0.6) is 0 Å². The van der Waals surface area contributed by atoms with E-state index in [0.29, 0.717) is 23.5 Å². The second-order valence-corrected chi connectivity index (χ2v) is 6.26. The number of rotatable bonds is 6. The summed E-state index contributed by atoms with van der Waals surface area (Å²) in [5.74, 6) is 0.0843. The summed E-state index contributed by atoms with van der Waals surface area (Å²) < 4.78 is 19.8. The normalized spacial score (nSPS) is 24.6. The van der Waals surface area contributed by atoms with E-state index < -0.39 is 31.2 Å². The van der Waals surface area contributed by atoms with Gasteiger partial charge in [-0.15, -0.1) is 4.73 Å². The van der Waals surface area contributed by atoms with Gasteiger partial charge in [0.1, 0.15) is 36.8 Å². The Kier molecular flexibility index (Phi) is 5.05. The number of aliphatic hydroxyl groups is 3. The van der Waals surface area contributed by atoms with Crippen LogP contribution in [0, 0.1) is 5.82 Å². The van der Waals surface area contributed by atoms with Gasteiger partial charge < -0.3 is 30.2 Å². The molecule has 0 saturated carbocycles. The molecule has 3 aromatic rings. The van der Waals surface area contributed by atoms with Crippen LogP contribution in [-0.4, -0.2) is 66.2 Å². The first-order valence-corrected chi connectivity index (χ1v) is 8.53. The highest BCUT2D eigenvalue weighted by molar-refractivity contribution is 5.82. The first-order chi connectivity index (χ1) is 13.6. The second-order valence-electron chi connectivity index (χ2n) is 6.26. The molecule has 0 bridgehead atoms. The summed E-state index contributed by atoms with van der Waals surface area (Å²) in [6.07, 6.45) is -2.16. The largest absolute Gasteiger partial charge is 0.394 e. The SMILES string of the molecule is OC[C@H]1OC(On2cnc3c(NCc4cccc(F)c4)ncnc32)[C@H](O)[C@@H]1O. The lowest BCUT2D eigenvalue weighted by Gasteiger charge is -2.16. The standard InChI is InChI=1S/C17H18FN5O5/c18-10-3-1-2-9(4-10)5-19-15-12-16(21-7-20-15)23(8-22-12)28-17-14(26)13(25)11(6-24)27-17/h1-4,7-8,11,13-14,17,24-26H,5-6H2,(H,19,20,21)/t11-,13-,14-,17?/m1/s1. The minimum Gasteiger partial charge on any atom is -0.394 e. The van der Waals surface area contributed by atoms with E-state index in [9.17, 15) is 14.6 Å². The summed E-state index contributed by atoms with van der Waals surface area (Å²) in [6, 6.07) is 6.17. The molecule has 0 spiro atoms. The lowest BCUT2D eigenvalue weighted by atomic mass is 10.1. The third-order valence-electron chi connectivity index (χ3n) is 4.37. The fourth-order valence-corrected chi connectivity index (χ4v) is 2.92. The molecule has 4 N–H and O–H groups in total. The summed E-state index contributed by atoms with van der Waals surface area (Å²) in [4.78, 5) is 18.0. The fourth-order valence-electron chi connectivity index (χ4n) is 2.92. The Morgan fingerprint density at radius 1 is 1.21 bits per heavy atom. The highest BCUT2D eigenvalue weighted by atomic mass is 19.1. The molecule has 1 saturated heterocycles. The van der Waals surface area contributed by atoms with Crippen molar-refractivity contribution in [3.63, 3.8) is 0 Å². The van der Waals surface area contributed by atoms with Gasteiger partial charge in [-0.2, -0.15) is 0 Å². The molecule has 11 heteroatoms. The Hall–Kier alpha value is -2.86. The Labute approximate surface area is 158 Å². The van der Waals surface area contributed by atoms with Crippen LogP contribution in [0.25, 0.3) is 11.2 Å². The van der Waals surface area contributed by atoms with Gasteiger partial charge in [-0.1, -0.05) is 12.1 Å². The molecule has 3 heterocycles. The molecule has 1 aromatic carbocycles. The van der Waals surface area contributed by atoms with Gasteiger partial charge in [-0.25, -0.2) is 19.3 Å². The molecule has 1 aliphatic rings. The van der Waals surface area contributed by atoms with Crippen molar-refractivity contribution in [2.75, 3.05) is 11.9 Å². The fraction of sp³-hybridized carbons (Fsp3) is 0.353. The maximum atomic E-state index is 13.3. The van der Waals surface area contributed by atoms with E-state index in [1.807, 2.05) is 0 Å². The van der Waals surface area contributed by atoms with Crippen molar-refractivity contribution >= 4 is 17.0 Å². The van der Waals surface area contributed by atoms with Crippen LogP contribution in [0.15, 0.2) is 36.9 Å². The summed E-state index contributed by atoms with van der Waals surface area (Å²) in [6.45, 7) is -0.133. The average Bonchev–Trinajstić information content (AvgIpc) is 3.23. The molecule has 1 unspecified atom stereocenters. The molecule has 10 nitrogen and oxygen atoms in total. The summed E-state index contributed by atoms with van der Waals surface area (Å²) in [5.41, 5.74) is 1.43. The number of imidazole rings is 1. The lowest BCUT2D eigenvalue weighted by molar-refractivity contribution is -0.169. The van der Waals surface area contributed by atoms with Gasteiger partial charge in [0.15, 0.2) is 11.3 Å².